The van der Waals surface area contributed by atoms with Crippen LogP contribution in [0.4, 0.5) is 4.39 Å². The summed E-state index contributed by atoms with van der Waals surface area (Å²) in [5.41, 5.74) is 2.56. The maximum absolute atomic E-state index is 13.3. The van der Waals surface area contributed by atoms with E-state index in [9.17, 15) is 14.4 Å². The number of carbonyl (C=O) groups excluding carboxylic acids is 1. The van der Waals surface area contributed by atoms with Crippen molar-refractivity contribution < 1.29 is 19.1 Å². The molecule has 0 saturated heterocycles. The Labute approximate surface area is 140 Å². The molecule has 2 aromatic carbocycles. The summed E-state index contributed by atoms with van der Waals surface area (Å²) in [4.78, 5) is 11.1. The van der Waals surface area contributed by atoms with Crippen LogP contribution in [0.5, 0.6) is 5.75 Å². The van der Waals surface area contributed by atoms with Crippen molar-refractivity contribution in [2.75, 3.05) is 7.11 Å². The SMILES string of the molecule is COc1cc(F)ccc1-c1cccc(C=C[C@H](C)N(O)C(C)=O)c1. The second kappa shape index (κ2) is 7.75. The zero-order chi connectivity index (χ0) is 17.7. The number of carbonyl (C=O) groups is 1. The zero-order valence-electron chi connectivity index (χ0n) is 13.9. The maximum Gasteiger partial charge on any atom is 0.243 e. The molecule has 0 fully saturated rings. The van der Waals surface area contributed by atoms with Gasteiger partial charge in [-0.15, -0.1) is 0 Å². The molecule has 0 heterocycles. The van der Waals surface area contributed by atoms with Crippen LogP contribution in [-0.2, 0) is 4.79 Å². The van der Waals surface area contributed by atoms with Gasteiger partial charge in [0.15, 0.2) is 0 Å². The molecule has 4 nitrogen and oxygen atoms in total. The van der Waals surface area contributed by atoms with Gasteiger partial charge in [0.25, 0.3) is 0 Å². The van der Waals surface area contributed by atoms with Crippen LogP contribution in [-0.4, -0.2) is 29.3 Å². The number of nitrogens with zero attached hydrogens (tertiary/aromatic N) is 1. The van der Waals surface area contributed by atoms with Gasteiger partial charge in [0, 0.05) is 18.6 Å². The number of methoxy groups -OCH3 is 1. The molecule has 0 aliphatic rings. The molecule has 0 unspecified atom stereocenters. The topological polar surface area (TPSA) is 49.8 Å². The highest BCUT2D eigenvalue weighted by Gasteiger charge is 2.11. The highest BCUT2D eigenvalue weighted by Crippen LogP contribution is 2.31. The first-order valence-electron chi connectivity index (χ1n) is 7.53. The Bertz CT molecular complexity index is 758. The standard InChI is InChI=1S/C19H20FNO3/c1-13(21(23)14(2)22)7-8-15-5-4-6-16(11-15)18-10-9-17(20)12-19(18)24-3/h4-13,23H,1-3H3/t13-/m0/s1. The maximum atomic E-state index is 13.3. The molecule has 0 aliphatic carbocycles. The van der Waals surface area contributed by atoms with Gasteiger partial charge >= 0.3 is 0 Å². The summed E-state index contributed by atoms with van der Waals surface area (Å²) in [6.07, 6.45) is 3.54. The summed E-state index contributed by atoms with van der Waals surface area (Å²) >= 11 is 0. The summed E-state index contributed by atoms with van der Waals surface area (Å²) in [5.74, 6) is -0.313. The molecule has 0 spiro atoms. The molecule has 1 amide bonds. The van der Waals surface area contributed by atoms with Gasteiger partial charge in [-0.25, -0.2) is 9.45 Å². The number of hydrogen-bond donors (Lipinski definition) is 1. The lowest BCUT2D eigenvalue weighted by Gasteiger charge is -2.17. The lowest BCUT2D eigenvalue weighted by molar-refractivity contribution is -0.167. The largest absolute Gasteiger partial charge is 0.496 e. The predicted molar refractivity (Wildman–Crippen MR) is 91.2 cm³/mol. The summed E-state index contributed by atoms with van der Waals surface area (Å²) in [6.45, 7) is 3.01. The van der Waals surface area contributed by atoms with Crippen molar-refractivity contribution in [1.82, 2.24) is 5.06 Å². The molecule has 1 atom stereocenters. The molecule has 2 aromatic rings. The summed E-state index contributed by atoms with van der Waals surface area (Å²) in [6, 6.07) is 11.6. The molecule has 0 bridgehead atoms. The van der Waals surface area contributed by atoms with Crippen LogP contribution in [0.2, 0.25) is 0 Å². The Hall–Kier alpha value is -2.66. The van der Waals surface area contributed by atoms with E-state index in [-0.39, 0.29) is 5.82 Å². The van der Waals surface area contributed by atoms with Crippen molar-refractivity contribution in [2.24, 2.45) is 0 Å². The molecule has 0 aromatic heterocycles. The molecule has 1 N–H and O–H groups in total. The molecule has 2 rings (SSSR count). The average molecular weight is 329 g/mol. The summed E-state index contributed by atoms with van der Waals surface area (Å²) in [7, 11) is 1.50. The fourth-order valence-corrected chi connectivity index (χ4v) is 2.33. The first-order chi connectivity index (χ1) is 11.4. The molecule has 24 heavy (non-hydrogen) atoms. The van der Waals surface area contributed by atoms with Gasteiger partial charge in [-0.3, -0.25) is 10.0 Å². The molecular formula is C19H20FNO3. The third kappa shape index (κ3) is 4.20. The molecule has 0 saturated carbocycles. The van der Waals surface area contributed by atoms with Crippen LogP contribution in [0.15, 0.2) is 48.5 Å². The monoisotopic (exact) mass is 329 g/mol. The van der Waals surface area contributed by atoms with Gasteiger partial charge in [0.2, 0.25) is 5.91 Å². The average Bonchev–Trinajstić information content (AvgIpc) is 2.58. The Morgan fingerprint density at radius 3 is 2.71 bits per heavy atom. The van der Waals surface area contributed by atoms with Crippen molar-refractivity contribution in [3.05, 3.63) is 59.9 Å². The minimum Gasteiger partial charge on any atom is -0.496 e. The smallest absolute Gasteiger partial charge is 0.243 e. The first-order valence-corrected chi connectivity index (χ1v) is 7.53. The summed E-state index contributed by atoms with van der Waals surface area (Å²) < 4.78 is 18.6. The number of ether oxygens (including phenoxy) is 1. The van der Waals surface area contributed by atoms with E-state index in [2.05, 4.69) is 0 Å². The van der Waals surface area contributed by atoms with Gasteiger partial charge in [0.1, 0.15) is 11.6 Å². The minimum absolute atomic E-state index is 0.354. The Morgan fingerprint density at radius 2 is 2.04 bits per heavy atom. The van der Waals surface area contributed by atoms with Crippen molar-refractivity contribution in [3.8, 4) is 16.9 Å². The number of amides is 1. The highest BCUT2D eigenvalue weighted by atomic mass is 19.1. The molecular weight excluding hydrogens is 309 g/mol. The number of hydrogen-bond acceptors (Lipinski definition) is 3. The molecule has 0 aliphatic heterocycles. The van der Waals surface area contributed by atoms with E-state index >= 15 is 0 Å². The van der Waals surface area contributed by atoms with Gasteiger partial charge in [-0.2, -0.15) is 0 Å². The van der Waals surface area contributed by atoms with Crippen LogP contribution in [0.3, 0.4) is 0 Å². The Morgan fingerprint density at radius 1 is 1.29 bits per heavy atom. The lowest BCUT2D eigenvalue weighted by Crippen LogP contribution is -2.32. The predicted octanol–water partition coefficient (Wildman–Crippen LogP) is 4.14. The summed E-state index contributed by atoms with van der Waals surface area (Å²) in [5, 5.41) is 10.3. The quantitative estimate of drug-likeness (QED) is 0.662. The van der Waals surface area contributed by atoms with Crippen LogP contribution in [0.1, 0.15) is 19.4 Å². The van der Waals surface area contributed by atoms with Crippen LogP contribution in [0, 0.1) is 5.82 Å². The second-order valence-corrected chi connectivity index (χ2v) is 5.43. The van der Waals surface area contributed by atoms with E-state index in [1.165, 1.54) is 26.2 Å². The zero-order valence-corrected chi connectivity index (χ0v) is 13.9. The number of halogens is 1. The van der Waals surface area contributed by atoms with Crippen molar-refractivity contribution in [3.63, 3.8) is 0 Å². The fraction of sp³-hybridized carbons (Fsp3) is 0.211. The molecule has 5 heteroatoms. The van der Waals surface area contributed by atoms with Crippen molar-refractivity contribution in [2.45, 2.75) is 19.9 Å². The van der Waals surface area contributed by atoms with E-state index < -0.39 is 11.9 Å². The molecule has 0 radical (unpaired) electrons. The lowest BCUT2D eigenvalue weighted by atomic mass is 10.0. The van der Waals surface area contributed by atoms with Crippen molar-refractivity contribution >= 4 is 12.0 Å². The van der Waals surface area contributed by atoms with E-state index in [1.807, 2.05) is 30.3 Å². The fourth-order valence-electron chi connectivity index (χ4n) is 2.33. The van der Waals surface area contributed by atoms with Crippen LogP contribution in [0.25, 0.3) is 17.2 Å². The third-order valence-corrected chi connectivity index (χ3v) is 3.64. The van der Waals surface area contributed by atoms with Crippen LogP contribution >= 0.6 is 0 Å². The third-order valence-electron chi connectivity index (χ3n) is 3.64. The number of rotatable bonds is 5. The minimum atomic E-state index is -0.438. The highest BCUT2D eigenvalue weighted by molar-refractivity contribution is 5.74. The first kappa shape index (κ1) is 17.7. The van der Waals surface area contributed by atoms with Gasteiger partial charge < -0.3 is 4.74 Å². The second-order valence-electron chi connectivity index (χ2n) is 5.43. The van der Waals surface area contributed by atoms with E-state index in [0.717, 1.165) is 16.7 Å². The van der Waals surface area contributed by atoms with Gasteiger partial charge in [0.05, 0.1) is 13.2 Å². The van der Waals surface area contributed by atoms with Gasteiger partial charge in [-0.1, -0.05) is 30.4 Å². The van der Waals surface area contributed by atoms with Crippen molar-refractivity contribution in [1.29, 1.82) is 0 Å². The molecule has 126 valence electrons. The van der Waals surface area contributed by atoms with Crippen LogP contribution < -0.4 is 4.74 Å². The Balaban J connectivity index is 2.28. The Kier molecular flexibility index (Phi) is 5.71. The normalized spacial score (nSPS) is 12.2. The van der Waals surface area contributed by atoms with E-state index in [4.69, 9.17) is 4.74 Å². The number of hydroxylamine groups is 2. The van der Waals surface area contributed by atoms with E-state index in [1.54, 1.807) is 19.1 Å². The number of benzene rings is 2. The van der Waals surface area contributed by atoms with E-state index in [0.29, 0.717) is 10.8 Å². The van der Waals surface area contributed by atoms with Gasteiger partial charge in [-0.05, 0) is 36.2 Å².